The maximum Gasteiger partial charge on any atom is 0.308 e. The van der Waals surface area contributed by atoms with E-state index in [1.807, 2.05) is 43.3 Å². The molecule has 0 spiro atoms. The second-order valence-corrected chi connectivity index (χ2v) is 7.96. The number of hydrogen-bond acceptors (Lipinski definition) is 9. The topological polar surface area (TPSA) is 140 Å². The fourth-order valence-corrected chi connectivity index (χ4v) is 4.14. The average molecular weight is 450 g/mol. The van der Waals surface area contributed by atoms with Crippen molar-refractivity contribution in [2.45, 2.75) is 39.2 Å². The second kappa shape index (κ2) is 9.76. The van der Waals surface area contributed by atoms with Gasteiger partial charge < -0.3 is 15.8 Å². The van der Waals surface area contributed by atoms with Gasteiger partial charge in [0.2, 0.25) is 23.7 Å². The first-order valence-electron chi connectivity index (χ1n) is 11.0. The quantitative estimate of drug-likeness (QED) is 0.351. The lowest BCUT2D eigenvalue weighted by atomic mass is 9.85. The number of aryl methyl sites for hydroxylation is 1. The van der Waals surface area contributed by atoms with Gasteiger partial charge in [0.25, 0.3) is 0 Å². The highest BCUT2D eigenvalue weighted by atomic mass is 16.5. The molecular formula is C23H26N6O4. The van der Waals surface area contributed by atoms with Gasteiger partial charge in [0.05, 0.1) is 18.3 Å². The Morgan fingerprint density at radius 3 is 2.52 bits per heavy atom. The first-order chi connectivity index (χ1) is 16.0. The summed E-state index contributed by atoms with van der Waals surface area (Å²) >= 11 is 0. The number of carbonyl (C=O) groups is 3. The number of aromatic nitrogens is 3. The Bertz CT molecular complexity index is 1080. The molecule has 2 heterocycles. The molecule has 2 atom stereocenters. The van der Waals surface area contributed by atoms with Crippen LogP contribution in [0.1, 0.15) is 37.6 Å². The number of para-hydroxylation sites is 1. The molecule has 10 nitrogen and oxygen atoms in total. The monoisotopic (exact) mass is 450 g/mol. The highest BCUT2D eigenvalue weighted by molar-refractivity contribution is 6.05. The van der Waals surface area contributed by atoms with Gasteiger partial charge in [-0.1, -0.05) is 37.3 Å². The van der Waals surface area contributed by atoms with Crippen molar-refractivity contribution in [3.8, 4) is 0 Å². The van der Waals surface area contributed by atoms with Crippen molar-refractivity contribution in [1.29, 1.82) is 0 Å². The SMILES string of the molecule is CCc1ccccc1Nc1nc(N)nc(COC(=O)CCN2C(=O)C3CC=CCC3C2=O)n1. The fraction of sp³-hybridized carbons (Fsp3) is 0.391. The minimum atomic E-state index is -0.562. The lowest BCUT2D eigenvalue weighted by molar-refractivity contribution is -0.147. The van der Waals surface area contributed by atoms with Crippen LogP contribution in [0, 0.1) is 11.8 Å². The molecule has 33 heavy (non-hydrogen) atoms. The normalized spacial score (nSPS) is 19.5. The Morgan fingerprint density at radius 2 is 1.82 bits per heavy atom. The maximum absolute atomic E-state index is 12.5. The summed E-state index contributed by atoms with van der Waals surface area (Å²) in [6.45, 7) is 1.84. The van der Waals surface area contributed by atoms with E-state index in [1.54, 1.807) is 0 Å². The third kappa shape index (κ3) is 5.00. The van der Waals surface area contributed by atoms with Gasteiger partial charge in [0.1, 0.15) is 0 Å². The van der Waals surface area contributed by atoms with Gasteiger partial charge in [0.15, 0.2) is 12.4 Å². The van der Waals surface area contributed by atoms with Crippen molar-refractivity contribution in [1.82, 2.24) is 19.9 Å². The summed E-state index contributed by atoms with van der Waals surface area (Å²) < 4.78 is 5.25. The highest BCUT2D eigenvalue weighted by Gasteiger charge is 2.46. The van der Waals surface area contributed by atoms with E-state index in [2.05, 4.69) is 20.3 Å². The molecule has 1 saturated heterocycles. The van der Waals surface area contributed by atoms with Crippen molar-refractivity contribution in [3.63, 3.8) is 0 Å². The zero-order valence-electron chi connectivity index (χ0n) is 18.4. The van der Waals surface area contributed by atoms with E-state index in [0.29, 0.717) is 12.8 Å². The summed E-state index contributed by atoms with van der Waals surface area (Å²) in [7, 11) is 0. The van der Waals surface area contributed by atoms with E-state index in [0.717, 1.165) is 17.7 Å². The molecule has 1 aliphatic heterocycles. The number of esters is 1. The first kappa shape index (κ1) is 22.4. The van der Waals surface area contributed by atoms with Crippen molar-refractivity contribution in [2.75, 3.05) is 17.6 Å². The number of ether oxygens (including phenoxy) is 1. The van der Waals surface area contributed by atoms with Crippen LogP contribution in [0.4, 0.5) is 17.6 Å². The van der Waals surface area contributed by atoms with Crippen LogP contribution < -0.4 is 11.1 Å². The Balaban J connectivity index is 1.32. The number of fused-ring (bicyclic) bond motifs is 1. The van der Waals surface area contributed by atoms with E-state index >= 15 is 0 Å². The molecule has 2 amide bonds. The van der Waals surface area contributed by atoms with Crippen LogP contribution in [-0.2, 0) is 32.1 Å². The number of rotatable bonds is 8. The molecule has 0 bridgehead atoms. The van der Waals surface area contributed by atoms with E-state index in [9.17, 15) is 14.4 Å². The molecule has 2 unspecified atom stereocenters. The summed E-state index contributed by atoms with van der Waals surface area (Å²) in [5, 5.41) is 3.12. The highest BCUT2D eigenvalue weighted by Crippen LogP contribution is 2.35. The molecule has 2 aromatic rings. The molecule has 0 radical (unpaired) electrons. The van der Waals surface area contributed by atoms with Gasteiger partial charge in [-0.05, 0) is 30.9 Å². The minimum absolute atomic E-state index is 0.00277. The number of anilines is 3. The average Bonchev–Trinajstić information content (AvgIpc) is 3.06. The van der Waals surface area contributed by atoms with Crippen molar-refractivity contribution in [2.24, 2.45) is 11.8 Å². The van der Waals surface area contributed by atoms with Crippen molar-refractivity contribution < 1.29 is 19.1 Å². The molecule has 1 aliphatic carbocycles. The van der Waals surface area contributed by atoms with Gasteiger partial charge in [0, 0.05) is 12.2 Å². The van der Waals surface area contributed by atoms with E-state index in [-0.39, 0.29) is 60.9 Å². The van der Waals surface area contributed by atoms with Crippen LogP contribution in [0.25, 0.3) is 0 Å². The largest absolute Gasteiger partial charge is 0.457 e. The predicted molar refractivity (Wildman–Crippen MR) is 120 cm³/mol. The molecule has 172 valence electrons. The number of imide groups is 1. The Hall–Kier alpha value is -3.82. The number of hydrogen-bond donors (Lipinski definition) is 2. The van der Waals surface area contributed by atoms with Crippen molar-refractivity contribution in [3.05, 3.63) is 47.8 Å². The zero-order valence-corrected chi connectivity index (χ0v) is 18.4. The number of allylic oxidation sites excluding steroid dienone is 2. The predicted octanol–water partition coefficient (Wildman–Crippen LogP) is 2.14. The Morgan fingerprint density at radius 1 is 1.12 bits per heavy atom. The molecule has 1 aromatic carbocycles. The molecular weight excluding hydrogens is 424 g/mol. The standard InChI is InChI=1S/C23H26N6O4/c1-2-14-7-3-6-10-17(14)25-23-27-18(26-22(24)28-23)13-33-19(30)11-12-29-20(31)15-8-4-5-9-16(15)21(29)32/h3-7,10,15-16H,2,8-9,11-13H2,1H3,(H3,24,25,26,27,28). The Labute approximate surface area is 191 Å². The van der Waals surface area contributed by atoms with Crippen molar-refractivity contribution >= 4 is 35.4 Å². The van der Waals surface area contributed by atoms with E-state index in [4.69, 9.17) is 10.5 Å². The summed E-state index contributed by atoms with van der Waals surface area (Å²) in [5.74, 6) is -1.17. The molecule has 1 fully saturated rings. The number of nitrogens with one attached hydrogen (secondary N) is 1. The molecule has 0 saturated carbocycles. The third-order valence-electron chi connectivity index (χ3n) is 5.84. The fourth-order valence-electron chi connectivity index (χ4n) is 4.14. The minimum Gasteiger partial charge on any atom is -0.457 e. The zero-order chi connectivity index (χ0) is 23.4. The lowest BCUT2D eigenvalue weighted by Gasteiger charge is -2.14. The summed E-state index contributed by atoms with van der Waals surface area (Å²) in [4.78, 5) is 50.8. The van der Waals surface area contributed by atoms with Crippen LogP contribution >= 0.6 is 0 Å². The van der Waals surface area contributed by atoms with Crippen LogP contribution in [0.15, 0.2) is 36.4 Å². The molecule has 1 aromatic heterocycles. The number of nitrogens with zero attached hydrogens (tertiary/aromatic N) is 4. The second-order valence-electron chi connectivity index (χ2n) is 7.96. The third-order valence-corrected chi connectivity index (χ3v) is 5.84. The molecule has 10 heteroatoms. The van der Waals surface area contributed by atoms with Crippen LogP contribution in [0.3, 0.4) is 0 Å². The molecule has 4 rings (SSSR count). The van der Waals surface area contributed by atoms with E-state index < -0.39 is 5.97 Å². The number of likely N-dealkylation sites (tertiary alicyclic amines) is 1. The van der Waals surface area contributed by atoms with Gasteiger partial charge >= 0.3 is 5.97 Å². The van der Waals surface area contributed by atoms with Gasteiger partial charge in [-0.15, -0.1) is 0 Å². The Kier molecular flexibility index (Phi) is 6.62. The van der Waals surface area contributed by atoms with Crippen LogP contribution in [-0.4, -0.2) is 44.2 Å². The van der Waals surface area contributed by atoms with E-state index in [1.165, 1.54) is 4.90 Å². The molecule has 2 aliphatic rings. The maximum atomic E-state index is 12.5. The van der Waals surface area contributed by atoms with Gasteiger partial charge in [-0.2, -0.15) is 15.0 Å². The van der Waals surface area contributed by atoms with Gasteiger partial charge in [-0.3, -0.25) is 19.3 Å². The number of nitrogens with two attached hydrogens (primary N) is 1. The summed E-state index contributed by atoms with van der Waals surface area (Å²) in [6, 6.07) is 7.75. The first-order valence-corrected chi connectivity index (χ1v) is 11.0. The summed E-state index contributed by atoms with van der Waals surface area (Å²) in [6.07, 6.45) is 5.71. The lowest BCUT2D eigenvalue weighted by Crippen LogP contribution is -2.33. The van der Waals surface area contributed by atoms with Gasteiger partial charge in [-0.25, -0.2) is 0 Å². The number of nitrogen functional groups attached to an aromatic ring is 1. The smallest absolute Gasteiger partial charge is 0.308 e. The number of carbonyl (C=O) groups excluding carboxylic acids is 3. The molecule has 3 N–H and O–H groups in total. The number of benzene rings is 1. The summed E-state index contributed by atoms with van der Waals surface area (Å²) in [5.41, 5.74) is 7.73. The van der Waals surface area contributed by atoms with Crippen LogP contribution in [0.5, 0.6) is 0 Å². The van der Waals surface area contributed by atoms with Crippen LogP contribution in [0.2, 0.25) is 0 Å². The number of amides is 2.